The molecule has 0 amide bonds. The number of hydrogen-bond donors (Lipinski definition) is 1. The number of nitrogens with zero attached hydrogens (tertiary/aromatic N) is 1. The van der Waals surface area contributed by atoms with Crippen molar-refractivity contribution >= 4 is 0 Å². The van der Waals surface area contributed by atoms with Gasteiger partial charge in [-0.15, -0.1) is 0 Å². The van der Waals surface area contributed by atoms with E-state index in [9.17, 15) is 0 Å². The van der Waals surface area contributed by atoms with E-state index in [1.165, 1.54) is 32.2 Å². The molecule has 0 bridgehead atoms. The summed E-state index contributed by atoms with van der Waals surface area (Å²) in [5.41, 5.74) is 0. The van der Waals surface area contributed by atoms with Crippen molar-refractivity contribution in [2.75, 3.05) is 13.6 Å². The fraction of sp³-hybridized carbons (Fsp3) is 1.00. The molecule has 0 saturated heterocycles. The normalized spacial score (nSPS) is 22.9. The van der Waals surface area contributed by atoms with E-state index >= 15 is 0 Å². The highest BCUT2D eigenvalue weighted by molar-refractivity contribution is 4.84. The van der Waals surface area contributed by atoms with Crippen LogP contribution in [-0.2, 0) is 0 Å². The molecule has 2 nitrogen and oxygen atoms in total. The zero-order valence-corrected chi connectivity index (χ0v) is 10.2. The van der Waals surface area contributed by atoms with Gasteiger partial charge in [-0.1, -0.05) is 19.8 Å². The lowest BCUT2D eigenvalue weighted by molar-refractivity contribution is 0.130. The summed E-state index contributed by atoms with van der Waals surface area (Å²) in [6.45, 7) is 8.11. The first-order chi connectivity index (χ1) is 6.70. The van der Waals surface area contributed by atoms with Gasteiger partial charge < -0.3 is 5.32 Å². The third kappa shape index (κ3) is 2.71. The Kier molecular flexibility index (Phi) is 4.90. The van der Waals surface area contributed by atoms with Crippen LogP contribution in [0.1, 0.15) is 46.5 Å². The van der Waals surface area contributed by atoms with Gasteiger partial charge in [0.05, 0.1) is 0 Å². The molecule has 0 aromatic heterocycles. The van der Waals surface area contributed by atoms with Crippen molar-refractivity contribution < 1.29 is 0 Å². The third-order valence-electron chi connectivity index (χ3n) is 3.86. The van der Waals surface area contributed by atoms with Crippen LogP contribution in [0.5, 0.6) is 0 Å². The maximum atomic E-state index is 3.36. The molecule has 1 saturated carbocycles. The van der Waals surface area contributed by atoms with Crippen molar-refractivity contribution in [2.45, 2.75) is 64.6 Å². The Bertz CT molecular complexity index is 152. The van der Waals surface area contributed by atoms with Crippen LogP contribution < -0.4 is 5.32 Å². The average Bonchev–Trinajstić information content (AvgIpc) is 2.71. The molecule has 2 atom stereocenters. The van der Waals surface area contributed by atoms with Crippen molar-refractivity contribution in [2.24, 2.45) is 0 Å². The van der Waals surface area contributed by atoms with E-state index in [1.807, 2.05) is 0 Å². The van der Waals surface area contributed by atoms with Crippen LogP contribution in [0.3, 0.4) is 0 Å². The second kappa shape index (κ2) is 5.72. The van der Waals surface area contributed by atoms with Crippen LogP contribution in [0.25, 0.3) is 0 Å². The quantitative estimate of drug-likeness (QED) is 0.729. The summed E-state index contributed by atoms with van der Waals surface area (Å²) in [7, 11) is 2.06. The predicted molar refractivity (Wildman–Crippen MR) is 62.6 cm³/mol. The Labute approximate surface area is 89.1 Å². The molecule has 1 aliphatic carbocycles. The molecule has 2 heteroatoms. The van der Waals surface area contributed by atoms with Crippen LogP contribution in [0.15, 0.2) is 0 Å². The Morgan fingerprint density at radius 3 is 2.29 bits per heavy atom. The van der Waals surface area contributed by atoms with Gasteiger partial charge in [0.25, 0.3) is 0 Å². The molecule has 0 aliphatic heterocycles. The summed E-state index contributed by atoms with van der Waals surface area (Å²) in [6, 6.07) is 2.11. The van der Waals surface area contributed by atoms with Crippen LogP contribution in [0.2, 0.25) is 0 Å². The summed E-state index contributed by atoms with van der Waals surface area (Å²) in [4.78, 5) is 2.67. The topological polar surface area (TPSA) is 15.3 Å². The Hall–Kier alpha value is -0.0800. The second-order valence-electron chi connectivity index (χ2n) is 4.59. The molecule has 0 radical (unpaired) electrons. The maximum Gasteiger partial charge on any atom is 0.0221 e. The Morgan fingerprint density at radius 2 is 1.86 bits per heavy atom. The molecule has 1 rings (SSSR count). The van der Waals surface area contributed by atoms with E-state index in [1.54, 1.807) is 0 Å². The molecular weight excluding hydrogens is 172 g/mol. The molecule has 0 aromatic rings. The fourth-order valence-corrected chi connectivity index (χ4v) is 2.64. The van der Waals surface area contributed by atoms with Crippen LogP contribution in [0.4, 0.5) is 0 Å². The summed E-state index contributed by atoms with van der Waals surface area (Å²) < 4.78 is 0. The van der Waals surface area contributed by atoms with Gasteiger partial charge in [-0.05, 0) is 40.3 Å². The van der Waals surface area contributed by atoms with Crippen molar-refractivity contribution in [1.82, 2.24) is 10.2 Å². The fourth-order valence-electron chi connectivity index (χ4n) is 2.64. The first-order valence-corrected chi connectivity index (χ1v) is 6.13. The molecule has 84 valence electrons. The smallest absolute Gasteiger partial charge is 0.0221 e. The average molecular weight is 198 g/mol. The first kappa shape index (κ1) is 12.0. The predicted octanol–water partition coefficient (Wildman–Crippen LogP) is 2.25. The monoisotopic (exact) mass is 198 g/mol. The highest BCUT2D eigenvalue weighted by Gasteiger charge is 2.27. The van der Waals surface area contributed by atoms with Crippen molar-refractivity contribution in [3.63, 3.8) is 0 Å². The van der Waals surface area contributed by atoms with Gasteiger partial charge in [0.1, 0.15) is 0 Å². The summed E-state index contributed by atoms with van der Waals surface area (Å²) in [6.07, 6.45) is 5.69. The zero-order valence-electron chi connectivity index (χ0n) is 10.2. The van der Waals surface area contributed by atoms with E-state index in [4.69, 9.17) is 0 Å². The first-order valence-electron chi connectivity index (χ1n) is 6.13. The molecule has 1 fully saturated rings. The Morgan fingerprint density at radius 1 is 1.29 bits per heavy atom. The second-order valence-corrected chi connectivity index (χ2v) is 4.59. The van der Waals surface area contributed by atoms with Crippen LogP contribution >= 0.6 is 0 Å². The third-order valence-corrected chi connectivity index (χ3v) is 3.86. The van der Waals surface area contributed by atoms with E-state index in [0.29, 0.717) is 12.1 Å². The van der Waals surface area contributed by atoms with E-state index < -0.39 is 0 Å². The summed E-state index contributed by atoms with van der Waals surface area (Å²) in [5.74, 6) is 0. The molecule has 0 spiro atoms. The minimum atomic E-state index is 0.593. The van der Waals surface area contributed by atoms with E-state index in [2.05, 4.69) is 38.0 Å². The van der Waals surface area contributed by atoms with Crippen molar-refractivity contribution in [3.05, 3.63) is 0 Å². The van der Waals surface area contributed by atoms with Gasteiger partial charge >= 0.3 is 0 Å². The highest BCUT2D eigenvalue weighted by atomic mass is 15.2. The number of rotatable bonds is 5. The largest absolute Gasteiger partial charge is 0.316 e. The molecule has 1 N–H and O–H groups in total. The van der Waals surface area contributed by atoms with Crippen LogP contribution in [0, 0.1) is 0 Å². The van der Waals surface area contributed by atoms with Crippen molar-refractivity contribution in [3.8, 4) is 0 Å². The maximum absolute atomic E-state index is 3.36. The van der Waals surface area contributed by atoms with Gasteiger partial charge in [-0.3, -0.25) is 4.90 Å². The SMILES string of the molecule is CCN(C1CCCC1)C(C)C(C)NC. The van der Waals surface area contributed by atoms with E-state index in [-0.39, 0.29) is 0 Å². The zero-order chi connectivity index (χ0) is 10.6. The minimum absolute atomic E-state index is 0.593. The lowest BCUT2D eigenvalue weighted by atomic mass is 10.1. The van der Waals surface area contributed by atoms with Gasteiger partial charge in [-0.25, -0.2) is 0 Å². The number of nitrogens with one attached hydrogen (secondary N) is 1. The lowest BCUT2D eigenvalue weighted by Gasteiger charge is -2.36. The molecule has 14 heavy (non-hydrogen) atoms. The highest BCUT2D eigenvalue weighted by Crippen LogP contribution is 2.25. The van der Waals surface area contributed by atoms with E-state index in [0.717, 1.165) is 6.04 Å². The summed E-state index contributed by atoms with van der Waals surface area (Å²) in [5, 5.41) is 3.36. The van der Waals surface area contributed by atoms with Gasteiger partial charge in [0.15, 0.2) is 0 Å². The van der Waals surface area contributed by atoms with Crippen molar-refractivity contribution in [1.29, 1.82) is 0 Å². The van der Waals surface area contributed by atoms with Gasteiger partial charge in [0, 0.05) is 18.1 Å². The summed E-state index contributed by atoms with van der Waals surface area (Å²) >= 11 is 0. The van der Waals surface area contributed by atoms with Gasteiger partial charge in [0.2, 0.25) is 0 Å². The number of likely N-dealkylation sites (N-methyl/N-ethyl adjacent to an activating group) is 2. The Balaban J connectivity index is 2.50. The molecule has 0 heterocycles. The molecule has 1 aliphatic rings. The standard InChI is InChI=1S/C12H26N2/c1-5-14(11(3)10(2)13-4)12-8-6-7-9-12/h10-13H,5-9H2,1-4H3. The number of hydrogen-bond acceptors (Lipinski definition) is 2. The molecule has 2 unspecified atom stereocenters. The molecular formula is C12H26N2. The minimum Gasteiger partial charge on any atom is -0.316 e. The van der Waals surface area contributed by atoms with Crippen LogP contribution in [-0.4, -0.2) is 36.6 Å². The van der Waals surface area contributed by atoms with Gasteiger partial charge in [-0.2, -0.15) is 0 Å². The molecule has 0 aromatic carbocycles. The lowest BCUT2D eigenvalue weighted by Crippen LogP contribution is -2.49.